The predicted octanol–water partition coefficient (Wildman–Crippen LogP) is 3.53. The van der Waals surface area contributed by atoms with Crippen LogP contribution in [0.15, 0.2) is 48.5 Å². The molecule has 5 heteroatoms. The van der Waals surface area contributed by atoms with E-state index in [4.69, 9.17) is 16.3 Å². The van der Waals surface area contributed by atoms with Crippen LogP contribution in [-0.2, 0) is 16.0 Å². The van der Waals surface area contributed by atoms with E-state index in [1.807, 2.05) is 6.07 Å². The minimum absolute atomic E-state index is 0.264. The first-order valence-corrected chi connectivity index (χ1v) is 7.29. The highest BCUT2D eigenvalue weighted by atomic mass is 35.5. The van der Waals surface area contributed by atoms with Crippen molar-refractivity contribution in [2.75, 3.05) is 13.7 Å². The first-order valence-electron chi connectivity index (χ1n) is 6.92. The highest BCUT2D eigenvalue weighted by Gasteiger charge is 2.22. The van der Waals surface area contributed by atoms with Crippen LogP contribution in [0, 0.1) is 5.82 Å². The summed E-state index contributed by atoms with van der Waals surface area (Å²) in [6.45, 7) is 0.538. The first-order chi connectivity index (χ1) is 10.6. The van der Waals surface area contributed by atoms with Gasteiger partial charge < -0.3 is 10.1 Å². The van der Waals surface area contributed by atoms with Gasteiger partial charge in [0.2, 0.25) is 0 Å². The van der Waals surface area contributed by atoms with E-state index in [0.717, 1.165) is 5.56 Å². The topological polar surface area (TPSA) is 38.3 Å². The standard InChI is InChI=1S/C17H17ClFNO2/c1-22-17(21)16(14-4-2-3-5-15(14)18)20-11-10-12-6-8-13(19)9-7-12/h2-9,16,20H,10-11H2,1H3. The van der Waals surface area contributed by atoms with E-state index >= 15 is 0 Å². The van der Waals surface area contributed by atoms with Gasteiger partial charge >= 0.3 is 5.97 Å². The molecule has 2 rings (SSSR count). The Labute approximate surface area is 134 Å². The predicted molar refractivity (Wildman–Crippen MR) is 84.3 cm³/mol. The van der Waals surface area contributed by atoms with E-state index in [1.54, 1.807) is 30.3 Å². The minimum Gasteiger partial charge on any atom is -0.468 e. The third-order valence-corrected chi connectivity index (χ3v) is 3.67. The molecule has 0 saturated heterocycles. The maximum atomic E-state index is 12.9. The molecule has 0 saturated carbocycles. The number of methoxy groups -OCH3 is 1. The van der Waals surface area contributed by atoms with Gasteiger partial charge in [0.15, 0.2) is 0 Å². The van der Waals surface area contributed by atoms with E-state index in [1.165, 1.54) is 19.2 Å². The second kappa shape index (κ2) is 7.92. The Bertz CT molecular complexity index is 631. The maximum Gasteiger partial charge on any atom is 0.327 e. The number of carbonyl (C=O) groups excluding carboxylic acids is 1. The molecule has 0 bridgehead atoms. The van der Waals surface area contributed by atoms with Crippen LogP contribution >= 0.6 is 11.6 Å². The van der Waals surface area contributed by atoms with Crippen molar-refractivity contribution >= 4 is 17.6 Å². The smallest absolute Gasteiger partial charge is 0.327 e. The summed E-state index contributed by atoms with van der Waals surface area (Å²) in [5.74, 6) is -0.660. The summed E-state index contributed by atoms with van der Waals surface area (Å²) in [5, 5.41) is 3.64. The molecule has 1 N–H and O–H groups in total. The van der Waals surface area contributed by atoms with Crippen molar-refractivity contribution in [3.05, 3.63) is 70.5 Å². The molecule has 22 heavy (non-hydrogen) atoms. The molecule has 0 aliphatic heterocycles. The summed E-state index contributed by atoms with van der Waals surface area (Å²) < 4.78 is 17.7. The number of benzene rings is 2. The Kier molecular flexibility index (Phi) is 5.92. The number of esters is 1. The summed E-state index contributed by atoms with van der Waals surface area (Å²) in [6.07, 6.45) is 0.665. The van der Waals surface area contributed by atoms with Gasteiger partial charge in [0.05, 0.1) is 7.11 Å². The molecule has 116 valence electrons. The van der Waals surface area contributed by atoms with Crippen LogP contribution in [0.25, 0.3) is 0 Å². The molecule has 0 heterocycles. The van der Waals surface area contributed by atoms with E-state index in [-0.39, 0.29) is 5.82 Å². The van der Waals surface area contributed by atoms with Gasteiger partial charge in [0.25, 0.3) is 0 Å². The molecule has 3 nitrogen and oxygen atoms in total. The van der Waals surface area contributed by atoms with Crippen LogP contribution in [-0.4, -0.2) is 19.6 Å². The molecule has 0 aliphatic carbocycles. The summed E-state index contributed by atoms with van der Waals surface area (Å²) in [6, 6.07) is 12.8. The molecular formula is C17H17ClFNO2. The lowest BCUT2D eigenvalue weighted by molar-refractivity contribution is -0.143. The Hall–Kier alpha value is -1.91. The van der Waals surface area contributed by atoms with Crippen molar-refractivity contribution in [2.45, 2.75) is 12.5 Å². The largest absolute Gasteiger partial charge is 0.468 e. The molecule has 0 radical (unpaired) electrons. The lowest BCUT2D eigenvalue weighted by atomic mass is 10.1. The second-order valence-corrected chi connectivity index (χ2v) is 5.22. The number of nitrogens with one attached hydrogen (secondary N) is 1. The van der Waals surface area contributed by atoms with Crippen LogP contribution in [0.5, 0.6) is 0 Å². The van der Waals surface area contributed by atoms with Gasteiger partial charge in [-0.1, -0.05) is 41.9 Å². The number of hydrogen-bond donors (Lipinski definition) is 1. The summed E-state index contributed by atoms with van der Waals surface area (Å²) in [7, 11) is 1.34. The zero-order chi connectivity index (χ0) is 15.9. The molecule has 0 aromatic heterocycles. The lowest BCUT2D eigenvalue weighted by Gasteiger charge is -2.18. The van der Waals surface area contributed by atoms with E-state index < -0.39 is 12.0 Å². The molecule has 2 aromatic rings. The molecule has 0 amide bonds. The Morgan fingerprint density at radius 2 is 1.91 bits per heavy atom. The molecule has 0 fully saturated rings. The fourth-order valence-corrected chi connectivity index (χ4v) is 2.40. The van der Waals surface area contributed by atoms with E-state index in [9.17, 15) is 9.18 Å². The third kappa shape index (κ3) is 4.29. The average Bonchev–Trinajstić information content (AvgIpc) is 2.54. The van der Waals surface area contributed by atoms with Gasteiger partial charge in [-0.3, -0.25) is 0 Å². The minimum atomic E-state index is -0.626. The van der Waals surface area contributed by atoms with Gasteiger partial charge in [-0.2, -0.15) is 0 Å². The van der Waals surface area contributed by atoms with Crippen LogP contribution in [0.3, 0.4) is 0 Å². The fraction of sp³-hybridized carbons (Fsp3) is 0.235. The van der Waals surface area contributed by atoms with Crippen molar-refractivity contribution in [3.63, 3.8) is 0 Å². The highest BCUT2D eigenvalue weighted by molar-refractivity contribution is 6.31. The Morgan fingerprint density at radius 1 is 1.23 bits per heavy atom. The van der Waals surface area contributed by atoms with Crippen LogP contribution in [0.2, 0.25) is 5.02 Å². The van der Waals surface area contributed by atoms with E-state index in [0.29, 0.717) is 23.6 Å². The first kappa shape index (κ1) is 16.5. The SMILES string of the molecule is COC(=O)C(NCCc1ccc(F)cc1)c1ccccc1Cl. The van der Waals surface area contributed by atoms with Crippen LogP contribution in [0.1, 0.15) is 17.2 Å². The third-order valence-electron chi connectivity index (χ3n) is 3.33. The van der Waals surface area contributed by atoms with Crippen molar-refractivity contribution in [1.82, 2.24) is 5.32 Å². The highest BCUT2D eigenvalue weighted by Crippen LogP contribution is 2.23. The van der Waals surface area contributed by atoms with Gasteiger partial charge in [-0.25, -0.2) is 9.18 Å². The Balaban J connectivity index is 2.03. The maximum absolute atomic E-state index is 12.9. The van der Waals surface area contributed by atoms with Gasteiger partial charge in [-0.05, 0) is 35.7 Å². The molecule has 0 spiro atoms. The zero-order valence-corrected chi connectivity index (χ0v) is 12.9. The number of hydrogen-bond acceptors (Lipinski definition) is 3. The zero-order valence-electron chi connectivity index (χ0n) is 12.2. The normalized spacial score (nSPS) is 12.0. The van der Waals surface area contributed by atoms with Gasteiger partial charge in [-0.15, -0.1) is 0 Å². The average molecular weight is 322 g/mol. The van der Waals surface area contributed by atoms with Crippen molar-refractivity contribution in [2.24, 2.45) is 0 Å². The fourth-order valence-electron chi connectivity index (χ4n) is 2.16. The van der Waals surface area contributed by atoms with Gasteiger partial charge in [0, 0.05) is 11.6 Å². The lowest BCUT2D eigenvalue weighted by Crippen LogP contribution is -2.31. The van der Waals surface area contributed by atoms with E-state index in [2.05, 4.69) is 5.32 Å². The number of rotatable bonds is 6. The summed E-state index contributed by atoms with van der Waals surface area (Å²) >= 11 is 6.14. The quantitative estimate of drug-likeness (QED) is 0.827. The number of carbonyl (C=O) groups is 1. The molecule has 2 aromatic carbocycles. The number of ether oxygens (including phenoxy) is 1. The number of halogens is 2. The summed E-state index contributed by atoms with van der Waals surface area (Å²) in [4.78, 5) is 12.0. The van der Waals surface area contributed by atoms with Crippen LogP contribution < -0.4 is 5.32 Å². The van der Waals surface area contributed by atoms with Crippen molar-refractivity contribution in [1.29, 1.82) is 0 Å². The molecule has 1 unspecified atom stereocenters. The molecule has 1 atom stereocenters. The second-order valence-electron chi connectivity index (χ2n) is 4.81. The van der Waals surface area contributed by atoms with Gasteiger partial charge in [0.1, 0.15) is 11.9 Å². The van der Waals surface area contributed by atoms with Crippen LogP contribution in [0.4, 0.5) is 4.39 Å². The van der Waals surface area contributed by atoms with Crippen molar-refractivity contribution in [3.8, 4) is 0 Å². The molecular weight excluding hydrogens is 305 g/mol. The monoisotopic (exact) mass is 321 g/mol. The molecule has 0 aliphatic rings. The summed E-state index contributed by atoms with van der Waals surface area (Å²) in [5.41, 5.74) is 1.66. The van der Waals surface area contributed by atoms with Crippen molar-refractivity contribution < 1.29 is 13.9 Å². The Morgan fingerprint density at radius 3 is 2.55 bits per heavy atom.